The van der Waals surface area contributed by atoms with E-state index in [9.17, 15) is 0 Å². The number of hydrogen-bond donors (Lipinski definition) is 0. The molecule has 2 rings (SSSR count). The largest absolute Gasteiger partial charge is 0.355 e. The number of hydrogen-bond acceptors (Lipinski definition) is 3. The predicted molar refractivity (Wildman–Crippen MR) is 70.3 cm³/mol. The van der Waals surface area contributed by atoms with Crippen molar-refractivity contribution in [2.45, 2.75) is 13.5 Å². The van der Waals surface area contributed by atoms with Gasteiger partial charge in [-0.15, -0.1) is 0 Å². The molecule has 0 atom stereocenters. The van der Waals surface area contributed by atoms with Crippen molar-refractivity contribution in [3.05, 3.63) is 52.9 Å². The zero-order valence-electron chi connectivity index (χ0n) is 9.89. The first-order chi connectivity index (χ1) is 8.16. The first kappa shape index (κ1) is 11.9. The van der Waals surface area contributed by atoms with E-state index in [0.717, 1.165) is 17.9 Å². The molecule has 0 spiro atoms. The summed E-state index contributed by atoms with van der Waals surface area (Å²) in [5.74, 6) is 0.869. The third kappa shape index (κ3) is 2.94. The summed E-state index contributed by atoms with van der Waals surface area (Å²) in [5.41, 5.74) is 2.26. The molecule has 0 radical (unpaired) electrons. The highest BCUT2D eigenvalue weighted by molar-refractivity contribution is 6.28. The Hall–Kier alpha value is -1.61. The number of halogens is 1. The van der Waals surface area contributed by atoms with Gasteiger partial charge in [-0.25, -0.2) is 9.97 Å². The molecule has 0 saturated heterocycles. The molecule has 0 saturated carbocycles. The molecule has 1 aromatic carbocycles. The van der Waals surface area contributed by atoms with Gasteiger partial charge >= 0.3 is 0 Å². The molecule has 0 aliphatic rings. The molecule has 88 valence electrons. The molecule has 0 bridgehead atoms. The molecular weight excluding hydrogens is 234 g/mol. The van der Waals surface area contributed by atoms with Crippen molar-refractivity contribution in [1.82, 2.24) is 9.97 Å². The van der Waals surface area contributed by atoms with Gasteiger partial charge in [0.25, 0.3) is 0 Å². The standard InChI is InChI=1S/C13H14ClN3/c1-10-8-15-13(14)16-12(10)17(2)9-11-6-4-3-5-7-11/h3-8H,9H2,1-2H3. The zero-order valence-corrected chi connectivity index (χ0v) is 10.6. The van der Waals surface area contributed by atoms with Crippen LogP contribution in [-0.2, 0) is 6.54 Å². The van der Waals surface area contributed by atoms with Crippen molar-refractivity contribution in [1.29, 1.82) is 0 Å². The van der Waals surface area contributed by atoms with Gasteiger partial charge in [0, 0.05) is 25.4 Å². The molecule has 3 nitrogen and oxygen atoms in total. The lowest BCUT2D eigenvalue weighted by molar-refractivity contribution is 0.882. The first-order valence-corrected chi connectivity index (χ1v) is 5.79. The molecule has 0 fully saturated rings. The molecule has 2 aromatic rings. The highest BCUT2D eigenvalue weighted by Gasteiger charge is 2.08. The zero-order chi connectivity index (χ0) is 12.3. The number of aromatic nitrogens is 2. The van der Waals surface area contributed by atoms with E-state index >= 15 is 0 Å². The van der Waals surface area contributed by atoms with Crippen LogP contribution in [-0.4, -0.2) is 17.0 Å². The molecule has 4 heteroatoms. The van der Waals surface area contributed by atoms with Gasteiger partial charge < -0.3 is 4.90 Å². The van der Waals surface area contributed by atoms with Crippen molar-refractivity contribution >= 4 is 17.4 Å². The summed E-state index contributed by atoms with van der Waals surface area (Å²) >= 11 is 5.81. The Morgan fingerprint density at radius 1 is 1.24 bits per heavy atom. The summed E-state index contributed by atoms with van der Waals surface area (Å²) < 4.78 is 0. The minimum absolute atomic E-state index is 0.283. The second-order valence-electron chi connectivity index (χ2n) is 3.99. The van der Waals surface area contributed by atoms with Gasteiger partial charge in [0.2, 0.25) is 5.28 Å². The van der Waals surface area contributed by atoms with Gasteiger partial charge in [0.1, 0.15) is 5.82 Å². The van der Waals surface area contributed by atoms with Crippen LogP contribution in [0.4, 0.5) is 5.82 Å². The molecule has 0 amide bonds. The van der Waals surface area contributed by atoms with Crippen LogP contribution >= 0.6 is 11.6 Å². The van der Waals surface area contributed by atoms with Crippen LogP contribution in [0.1, 0.15) is 11.1 Å². The molecule has 1 heterocycles. The summed E-state index contributed by atoms with van der Waals surface area (Å²) in [6.45, 7) is 2.78. The molecule has 0 N–H and O–H groups in total. The second kappa shape index (κ2) is 5.15. The van der Waals surface area contributed by atoms with Crippen molar-refractivity contribution < 1.29 is 0 Å². The van der Waals surface area contributed by atoms with Crippen molar-refractivity contribution in [2.24, 2.45) is 0 Å². The Labute approximate surface area is 106 Å². The minimum Gasteiger partial charge on any atom is -0.355 e. The van der Waals surface area contributed by atoms with Gasteiger partial charge in [-0.3, -0.25) is 0 Å². The average molecular weight is 248 g/mol. The number of nitrogens with zero attached hydrogens (tertiary/aromatic N) is 3. The van der Waals surface area contributed by atoms with Crippen LogP contribution in [0.2, 0.25) is 5.28 Å². The van der Waals surface area contributed by atoms with E-state index in [0.29, 0.717) is 0 Å². The van der Waals surface area contributed by atoms with E-state index < -0.39 is 0 Å². The lowest BCUT2D eigenvalue weighted by atomic mass is 10.2. The van der Waals surface area contributed by atoms with Crippen LogP contribution < -0.4 is 4.90 Å². The maximum Gasteiger partial charge on any atom is 0.224 e. The normalized spacial score (nSPS) is 10.3. The molecular formula is C13H14ClN3. The highest BCUT2D eigenvalue weighted by atomic mass is 35.5. The maximum absolute atomic E-state index is 5.81. The van der Waals surface area contributed by atoms with Gasteiger partial charge in [-0.2, -0.15) is 0 Å². The lowest BCUT2D eigenvalue weighted by Crippen LogP contribution is -2.19. The van der Waals surface area contributed by atoms with E-state index in [1.807, 2.05) is 32.2 Å². The topological polar surface area (TPSA) is 29.0 Å². The number of rotatable bonds is 3. The average Bonchev–Trinajstić information content (AvgIpc) is 2.33. The first-order valence-electron chi connectivity index (χ1n) is 5.41. The molecule has 0 aliphatic heterocycles. The Morgan fingerprint density at radius 2 is 1.94 bits per heavy atom. The van der Waals surface area contributed by atoms with Gasteiger partial charge in [-0.05, 0) is 24.1 Å². The fourth-order valence-corrected chi connectivity index (χ4v) is 1.86. The van der Waals surface area contributed by atoms with E-state index in [1.165, 1.54) is 5.56 Å². The van der Waals surface area contributed by atoms with Gasteiger partial charge in [0.05, 0.1) is 0 Å². The fraction of sp³-hybridized carbons (Fsp3) is 0.231. The van der Waals surface area contributed by atoms with Gasteiger partial charge in [-0.1, -0.05) is 30.3 Å². The van der Waals surface area contributed by atoms with Crippen LogP contribution in [0.15, 0.2) is 36.5 Å². The van der Waals surface area contributed by atoms with Crippen molar-refractivity contribution in [2.75, 3.05) is 11.9 Å². The SMILES string of the molecule is Cc1cnc(Cl)nc1N(C)Cc1ccccc1. The van der Waals surface area contributed by atoms with Crippen LogP contribution in [0.3, 0.4) is 0 Å². The highest BCUT2D eigenvalue weighted by Crippen LogP contribution is 2.18. The minimum atomic E-state index is 0.283. The quantitative estimate of drug-likeness (QED) is 0.781. The summed E-state index contributed by atoms with van der Waals surface area (Å²) in [5, 5.41) is 0.283. The fourth-order valence-electron chi connectivity index (χ4n) is 1.73. The lowest BCUT2D eigenvalue weighted by Gasteiger charge is -2.19. The van der Waals surface area contributed by atoms with Crippen LogP contribution in [0.25, 0.3) is 0 Å². The Kier molecular flexibility index (Phi) is 3.59. The van der Waals surface area contributed by atoms with E-state index in [1.54, 1.807) is 6.20 Å². The number of anilines is 1. The monoisotopic (exact) mass is 247 g/mol. The Balaban J connectivity index is 2.20. The summed E-state index contributed by atoms with van der Waals surface area (Å²) in [6.07, 6.45) is 1.74. The molecule has 17 heavy (non-hydrogen) atoms. The van der Waals surface area contributed by atoms with E-state index in [2.05, 4.69) is 27.0 Å². The predicted octanol–water partition coefficient (Wildman–Crippen LogP) is 3.07. The van der Waals surface area contributed by atoms with Crippen molar-refractivity contribution in [3.8, 4) is 0 Å². The third-order valence-corrected chi connectivity index (χ3v) is 2.72. The second-order valence-corrected chi connectivity index (χ2v) is 4.33. The number of aryl methyl sites for hydroxylation is 1. The molecule has 1 aromatic heterocycles. The maximum atomic E-state index is 5.81. The van der Waals surface area contributed by atoms with Crippen LogP contribution in [0, 0.1) is 6.92 Å². The molecule has 0 aliphatic carbocycles. The summed E-state index contributed by atoms with van der Waals surface area (Å²) in [4.78, 5) is 10.3. The van der Waals surface area contributed by atoms with E-state index in [4.69, 9.17) is 11.6 Å². The van der Waals surface area contributed by atoms with Gasteiger partial charge in [0.15, 0.2) is 0 Å². The summed E-state index contributed by atoms with van der Waals surface area (Å²) in [7, 11) is 2.00. The van der Waals surface area contributed by atoms with Crippen LogP contribution in [0.5, 0.6) is 0 Å². The summed E-state index contributed by atoms with van der Waals surface area (Å²) in [6, 6.07) is 10.3. The Bertz CT molecular complexity index is 499. The Morgan fingerprint density at radius 3 is 2.65 bits per heavy atom. The van der Waals surface area contributed by atoms with Crippen molar-refractivity contribution in [3.63, 3.8) is 0 Å². The molecule has 0 unspecified atom stereocenters. The number of benzene rings is 1. The van der Waals surface area contributed by atoms with E-state index in [-0.39, 0.29) is 5.28 Å². The smallest absolute Gasteiger partial charge is 0.224 e. The third-order valence-electron chi connectivity index (χ3n) is 2.54.